The number of nitrogens with zero attached hydrogens (tertiary/aromatic N) is 2. The van der Waals surface area contributed by atoms with Crippen molar-refractivity contribution in [3.63, 3.8) is 0 Å². The molecule has 0 unspecified atom stereocenters. The molecule has 1 aliphatic heterocycles. The number of carbonyl (C=O) groups is 1. The SMILES string of the molecule is COc1ccccc1CC(=O)Nc1cncc2c1CCN(Cc1ccccc1)C2. The van der Waals surface area contributed by atoms with Crippen molar-refractivity contribution in [1.82, 2.24) is 9.88 Å². The van der Waals surface area contributed by atoms with E-state index in [2.05, 4.69) is 39.5 Å². The number of rotatable bonds is 6. The number of hydrogen-bond donors (Lipinski definition) is 1. The zero-order valence-corrected chi connectivity index (χ0v) is 16.6. The summed E-state index contributed by atoms with van der Waals surface area (Å²) in [7, 11) is 1.62. The smallest absolute Gasteiger partial charge is 0.228 e. The van der Waals surface area contributed by atoms with Gasteiger partial charge >= 0.3 is 0 Å². The highest BCUT2D eigenvalue weighted by Crippen LogP contribution is 2.26. The Morgan fingerprint density at radius 3 is 2.72 bits per heavy atom. The molecule has 0 radical (unpaired) electrons. The summed E-state index contributed by atoms with van der Waals surface area (Å²) in [4.78, 5) is 19.4. The number of carbonyl (C=O) groups excluding carboxylic acids is 1. The molecule has 1 aliphatic rings. The van der Waals surface area contributed by atoms with Crippen LogP contribution in [-0.2, 0) is 30.7 Å². The minimum Gasteiger partial charge on any atom is -0.496 e. The van der Waals surface area contributed by atoms with Gasteiger partial charge in [-0.3, -0.25) is 14.7 Å². The van der Waals surface area contributed by atoms with E-state index in [4.69, 9.17) is 4.74 Å². The second kappa shape index (κ2) is 8.88. The predicted molar refractivity (Wildman–Crippen MR) is 114 cm³/mol. The molecule has 5 nitrogen and oxygen atoms in total. The van der Waals surface area contributed by atoms with Crippen molar-refractivity contribution in [1.29, 1.82) is 0 Å². The third kappa shape index (κ3) is 4.63. The van der Waals surface area contributed by atoms with E-state index < -0.39 is 0 Å². The number of pyridine rings is 1. The fraction of sp³-hybridized carbons (Fsp3) is 0.250. The summed E-state index contributed by atoms with van der Waals surface area (Å²) in [6.45, 7) is 2.72. The summed E-state index contributed by atoms with van der Waals surface area (Å²) < 4.78 is 5.35. The molecule has 0 spiro atoms. The molecule has 2 heterocycles. The van der Waals surface area contributed by atoms with Crippen molar-refractivity contribution in [2.24, 2.45) is 0 Å². The molecule has 2 aromatic carbocycles. The highest BCUT2D eigenvalue weighted by molar-refractivity contribution is 5.93. The van der Waals surface area contributed by atoms with Gasteiger partial charge in [0.25, 0.3) is 0 Å². The van der Waals surface area contributed by atoms with Gasteiger partial charge in [-0.15, -0.1) is 0 Å². The van der Waals surface area contributed by atoms with Crippen LogP contribution in [0.5, 0.6) is 5.75 Å². The maximum Gasteiger partial charge on any atom is 0.228 e. The fourth-order valence-electron chi connectivity index (χ4n) is 3.85. The Bertz CT molecular complexity index is 988. The monoisotopic (exact) mass is 387 g/mol. The summed E-state index contributed by atoms with van der Waals surface area (Å²) in [5.41, 5.74) is 5.38. The van der Waals surface area contributed by atoms with Gasteiger partial charge < -0.3 is 10.1 Å². The lowest BCUT2D eigenvalue weighted by Gasteiger charge is -2.29. The standard InChI is InChI=1S/C24H25N3O2/c1-29-23-10-6-5-9-19(23)13-24(28)26-22-15-25-14-20-17-27(12-11-21(20)22)16-18-7-3-2-4-8-18/h2-10,14-15H,11-13,16-17H2,1H3,(H,26,28). The van der Waals surface area contributed by atoms with Gasteiger partial charge in [0.15, 0.2) is 0 Å². The zero-order valence-electron chi connectivity index (χ0n) is 16.6. The lowest BCUT2D eigenvalue weighted by Crippen LogP contribution is -2.31. The lowest BCUT2D eigenvalue weighted by atomic mass is 9.99. The molecule has 1 amide bonds. The van der Waals surface area contributed by atoms with Crippen molar-refractivity contribution in [3.05, 3.63) is 89.2 Å². The van der Waals surface area contributed by atoms with E-state index in [0.29, 0.717) is 0 Å². The van der Waals surface area contributed by atoms with Crippen LogP contribution in [0.1, 0.15) is 22.3 Å². The topological polar surface area (TPSA) is 54.5 Å². The van der Waals surface area contributed by atoms with Gasteiger partial charge in [-0.1, -0.05) is 48.5 Å². The normalized spacial score (nSPS) is 13.6. The number of hydrogen-bond acceptors (Lipinski definition) is 4. The van der Waals surface area contributed by atoms with E-state index in [1.165, 1.54) is 16.7 Å². The molecule has 0 saturated heterocycles. The van der Waals surface area contributed by atoms with Crippen molar-refractivity contribution >= 4 is 11.6 Å². The van der Waals surface area contributed by atoms with E-state index in [1.54, 1.807) is 13.3 Å². The molecule has 0 saturated carbocycles. The van der Waals surface area contributed by atoms with E-state index in [1.807, 2.05) is 36.5 Å². The Kier molecular flexibility index (Phi) is 5.86. The Hall–Kier alpha value is -3.18. The molecule has 5 heteroatoms. The number of ether oxygens (including phenoxy) is 1. The van der Waals surface area contributed by atoms with Crippen LogP contribution in [0.4, 0.5) is 5.69 Å². The molecule has 1 N–H and O–H groups in total. The van der Waals surface area contributed by atoms with Crippen molar-refractivity contribution in [2.75, 3.05) is 19.0 Å². The number of methoxy groups -OCH3 is 1. The summed E-state index contributed by atoms with van der Waals surface area (Å²) in [5, 5.41) is 3.06. The van der Waals surface area contributed by atoms with Gasteiger partial charge in [0, 0.05) is 31.4 Å². The van der Waals surface area contributed by atoms with Gasteiger partial charge in [-0.05, 0) is 29.2 Å². The molecule has 0 aliphatic carbocycles. The quantitative estimate of drug-likeness (QED) is 0.698. The molecule has 0 atom stereocenters. The van der Waals surface area contributed by atoms with Gasteiger partial charge in [-0.25, -0.2) is 0 Å². The number of nitrogens with one attached hydrogen (secondary N) is 1. The minimum atomic E-state index is -0.0589. The average molecular weight is 387 g/mol. The molecular weight excluding hydrogens is 362 g/mol. The second-order valence-electron chi connectivity index (χ2n) is 7.31. The molecule has 148 valence electrons. The predicted octanol–water partition coefficient (Wildman–Crippen LogP) is 3.83. The maximum atomic E-state index is 12.6. The van der Waals surface area contributed by atoms with Crippen LogP contribution in [-0.4, -0.2) is 29.4 Å². The third-order valence-corrected chi connectivity index (χ3v) is 5.29. The van der Waals surface area contributed by atoms with Gasteiger partial charge in [0.2, 0.25) is 5.91 Å². The first-order valence-electron chi connectivity index (χ1n) is 9.86. The molecule has 0 bridgehead atoms. The van der Waals surface area contributed by atoms with Crippen LogP contribution in [0.25, 0.3) is 0 Å². The second-order valence-corrected chi connectivity index (χ2v) is 7.31. The van der Waals surface area contributed by atoms with E-state index in [9.17, 15) is 4.79 Å². The minimum absolute atomic E-state index is 0.0589. The Balaban J connectivity index is 1.44. The van der Waals surface area contributed by atoms with E-state index >= 15 is 0 Å². The highest BCUT2D eigenvalue weighted by Gasteiger charge is 2.20. The molecule has 4 rings (SSSR count). The number of amides is 1. The van der Waals surface area contributed by atoms with Crippen molar-refractivity contribution < 1.29 is 9.53 Å². The summed E-state index contributed by atoms with van der Waals surface area (Å²) in [6.07, 6.45) is 4.84. The van der Waals surface area contributed by atoms with Gasteiger partial charge in [0.05, 0.1) is 25.4 Å². The third-order valence-electron chi connectivity index (χ3n) is 5.29. The van der Waals surface area contributed by atoms with Crippen LogP contribution in [0.15, 0.2) is 67.0 Å². The summed E-state index contributed by atoms with van der Waals surface area (Å²) >= 11 is 0. The highest BCUT2D eigenvalue weighted by atomic mass is 16.5. The van der Waals surface area contributed by atoms with E-state index in [-0.39, 0.29) is 12.3 Å². The van der Waals surface area contributed by atoms with Crippen LogP contribution < -0.4 is 10.1 Å². The van der Waals surface area contributed by atoms with E-state index in [0.717, 1.165) is 43.1 Å². The van der Waals surface area contributed by atoms with Crippen LogP contribution in [0.2, 0.25) is 0 Å². The average Bonchev–Trinajstić information content (AvgIpc) is 2.75. The largest absolute Gasteiger partial charge is 0.496 e. The zero-order chi connectivity index (χ0) is 20.1. The number of anilines is 1. The Morgan fingerprint density at radius 1 is 1.10 bits per heavy atom. The number of para-hydroxylation sites is 1. The Morgan fingerprint density at radius 2 is 1.90 bits per heavy atom. The number of aromatic nitrogens is 1. The first-order valence-corrected chi connectivity index (χ1v) is 9.86. The number of benzene rings is 2. The van der Waals surface area contributed by atoms with Crippen LogP contribution in [0.3, 0.4) is 0 Å². The first kappa shape index (κ1) is 19.2. The molecule has 3 aromatic rings. The molecular formula is C24H25N3O2. The Labute approximate surface area is 171 Å². The number of fused-ring (bicyclic) bond motifs is 1. The van der Waals surface area contributed by atoms with Gasteiger partial charge in [-0.2, -0.15) is 0 Å². The van der Waals surface area contributed by atoms with Crippen molar-refractivity contribution in [2.45, 2.75) is 25.9 Å². The van der Waals surface area contributed by atoms with Crippen LogP contribution in [0, 0.1) is 0 Å². The van der Waals surface area contributed by atoms with Crippen LogP contribution >= 0.6 is 0 Å². The van der Waals surface area contributed by atoms with Gasteiger partial charge in [0.1, 0.15) is 5.75 Å². The fourth-order valence-corrected chi connectivity index (χ4v) is 3.85. The summed E-state index contributed by atoms with van der Waals surface area (Å²) in [6, 6.07) is 18.1. The maximum absolute atomic E-state index is 12.6. The molecule has 0 fully saturated rings. The van der Waals surface area contributed by atoms with Crippen molar-refractivity contribution in [3.8, 4) is 5.75 Å². The lowest BCUT2D eigenvalue weighted by molar-refractivity contribution is -0.115. The summed E-state index contributed by atoms with van der Waals surface area (Å²) in [5.74, 6) is 0.670. The first-order chi connectivity index (χ1) is 14.2. The molecule has 29 heavy (non-hydrogen) atoms. The molecule has 1 aromatic heterocycles.